The number of rotatable bonds is 2. The number of ether oxygens (including phenoxy) is 1. The number of thiophene rings is 1. The van der Waals surface area contributed by atoms with Crippen LogP contribution in [0.3, 0.4) is 0 Å². The van der Waals surface area contributed by atoms with Crippen LogP contribution in [0.25, 0.3) is 0 Å². The van der Waals surface area contributed by atoms with Gasteiger partial charge in [-0.25, -0.2) is 4.79 Å². The lowest BCUT2D eigenvalue weighted by atomic mass is 10.2. The number of carbonyl (C=O) groups excluding carboxylic acids is 1. The van der Waals surface area contributed by atoms with Gasteiger partial charge in [-0.2, -0.15) is 0 Å². The highest BCUT2D eigenvalue weighted by molar-refractivity contribution is 7.11. The van der Waals surface area contributed by atoms with E-state index in [1.54, 1.807) is 36.4 Å². The topological polar surface area (TPSA) is 26.3 Å². The van der Waals surface area contributed by atoms with Gasteiger partial charge in [-0.1, -0.05) is 29.5 Å². The molecule has 0 saturated heterocycles. The predicted octanol–water partition coefficient (Wildman–Crippen LogP) is 2.77. The molecule has 0 spiro atoms. The van der Waals surface area contributed by atoms with Crippen molar-refractivity contribution in [3.63, 3.8) is 0 Å². The highest BCUT2D eigenvalue weighted by Crippen LogP contribution is 2.18. The van der Waals surface area contributed by atoms with Gasteiger partial charge in [-0.05, 0) is 24.3 Å². The van der Waals surface area contributed by atoms with E-state index in [0.29, 0.717) is 10.6 Å². The SMILES string of the molecule is O=C(Oc1cc[c]s1)c1ccccc1. The summed E-state index contributed by atoms with van der Waals surface area (Å²) in [4.78, 5) is 11.5. The summed E-state index contributed by atoms with van der Waals surface area (Å²) in [5, 5.41) is 3.42. The van der Waals surface area contributed by atoms with E-state index in [0.717, 1.165) is 0 Å². The first-order chi connectivity index (χ1) is 6.86. The summed E-state index contributed by atoms with van der Waals surface area (Å²) >= 11 is 1.28. The molecule has 1 aromatic carbocycles. The molecule has 2 rings (SSSR count). The van der Waals surface area contributed by atoms with Crippen molar-refractivity contribution in [3.8, 4) is 5.06 Å². The van der Waals surface area contributed by atoms with E-state index in [2.05, 4.69) is 5.38 Å². The Balaban J connectivity index is 2.11. The fourth-order valence-electron chi connectivity index (χ4n) is 1.01. The second-order valence-corrected chi connectivity index (χ2v) is 3.47. The van der Waals surface area contributed by atoms with Crippen LogP contribution in [0.1, 0.15) is 10.4 Å². The van der Waals surface area contributed by atoms with Crippen LogP contribution in [0.2, 0.25) is 0 Å². The molecule has 0 saturated carbocycles. The zero-order valence-electron chi connectivity index (χ0n) is 7.27. The lowest BCUT2D eigenvalue weighted by molar-refractivity contribution is 0.0740. The molecule has 0 aliphatic carbocycles. The van der Waals surface area contributed by atoms with E-state index in [1.165, 1.54) is 11.3 Å². The predicted molar refractivity (Wildman–Crippen MR) is 54.6 cm³/mol. The van der Waals surface area contributed by atoms with Gasteiger partial charge < -0.3 is 4.74 Å². The normalized spacial score (nSPS) is 9.71. The molecule has 0 N–H and O–H groups in total. The molecule has 0 aliphatic heterocycles. The zero-order valence-corrected chi connectivity index (χ0v) is 8.08. The molecular weight excluding hydrogens is 196 g/mol. The number of benzene rings is 1. The van der Waals surface area contributed by atoms with E-state index >= 15 is 0 Å². The van der Waals surface area contributed by atoms with Gasteiger partial charge in [0.2, 0.25) is 0 Å². The molecular formula is C11H7O2S. The largest absolute Gasteiger partial charge is 0.412 e. The smallest absolute Gasteiger partial charge is 0.344 e. The average molecular weight is 203 g/mol. The molecule has 0 aliphatic rings. The van der Waals surface area contributed by atoms with Crippen LogP contribution in [0.15, 0.2) is 42.5 Å². The second-order valence-electron chi connectivity index (χ2n) is 2.63. The lowest BCUT2D eigenvalue weighted by Crippen LogP contribution is -2.06. The monoisotopic (exact) mass is 203 g/mol. The van der Waals surface area contributed by atoms with E-state index in [4.69, 9.17) is 4.74 Å². The maximum atomic E-state index is 11.5. The minimum atomic E-state index is -0.332. The summed E-state index contributed by atoms with van der Waals surface area (Å²) in [5.74, 6) is -0.332. The molecule has 14 heavy (non-hydrogen) atoms. The summed E-state index contributed by atoms with van der Waals surface area (Å²) in [6, 6.07) is 12.3. The third kappa shape index (κ3) is 2.00. The summed E-state index contributed by atoms with van der Waals surface area (Å²) in [6.45, 7) is 0. The van der Waals surface area contributed by atoms with E-state index in [1.807, 2.05) is 6.07 Å². The van der Waals surface area contributed by atoms with Gasteiger partial charge in [0.05, 0.1) is 5.56 Å². The molecule has 1 heterocycles. The van der Waals surface area contributed by atoms with Gasteiger partial charge >= 0.3 is 5.97 Å². The molecule has 0 bridgehead atoms. The van der Waals surface area contributed by atoms with Crippen LogP contribution in [0.4, 0.5) is 0 Å². The van der Waals surface area contributed by atoms with Gasteiger partial charge in [0.1, 0.15) is 0 Å². The number of hydrogen-bond acceptors (Lipinski definition) is 3. The number of hydrogen-bond donors (Lipinski definition) is 0. The minimum Gasteiger partial charge on any atom is -0.412 e. The van der Waals surface area contributed by atoms with Crippen molar-refractivity contribution in [2.24, 2.45) is 0 Å². The number of esters is 1. The van der Waals surface area contributed by atoms with Crippen molar-refractivity contribution in [1.82, 2.24) is 0 Å². The Morgan fingerprint density at radius 2 is 2.00 bits per heavy atom. The van der Waals surface area contributed by atoms with Crippen molar-refractivity contribution in [2.75, 3.05) is 0 Å². The summed E-state index contributed by atoms with van der Waals surface area (Å²) in [5.41, 5.74) is 0.556. The molecule has 1 aromatic heterocycles. The Hall–Kier alpha value is -1.61. The molecule has 0 unspecified atom stereocenters. The minimum absolute atomic E-state index is 0.332. The Morgan fingerprint density at radius 3 is 2.64 bits per heavy atom. The first-order valence-electron chi connectivity index (χ1n) is 4.09. The molecule has 2 aromatic rings. The Kier molecular flexibility index (Phi) is 2.60. The average Bonchev–Trinajstić information content (AvgIpc) is 2.72. The summed E-state index contributed by atoms with van der Waals surface area (Å²) < 4.78 is 5.09. The third-order valence-corrected chi connectivity index (χ3v) is 2.32. The van der Waals surface area contributed by atoms with E-state index in [-0.39, 0.29) is 5.97 Å². The van der Waals surface area contributed by atoms with Crippen molar-refractivity contribution in [3.05, 3.63) is 53.4 Å². The van der Waals surface area contributed by atoms with Crippen LogP contribution >= 0.6 is 11.3 Å². The highest BCUT2D eigenvalue weighted by Gasteiger charge is 2.07. The van der Waals surface area contributed by atoms with Crippen molar-refractivity contribution < 1.29 is 9.53 Å². The van der Waals surface area contributed by atoms with Crippen molar-refractivity contribution >= 4 is 17.3 Å². The molecule has 0 fully saturated rings. The van der Waals surface area contributed by atoms with Gasteiger partial charge in [-0.15, -0.1) is 0 Å². The third-order valence-electron chi connectivity index (χ3n) is 1.65. The summed E-state index contributed by atoms with van der Waals surface area (Å²) in [6.07, 6.45) is 0. The molecule has 0 atom stereocenters. The van der Waals surface area contributed by atoms with Crippen LogP contribution in [-0.4, -0.2) is 5.97 Å². The van der Waals surface area contributed by atoms with Gasteiger partial charge in [0, 0.05) is 5.38 Å². The van der Waals surface area contributed by atoms with E-state index in [9.17, 15) is 4.79 Å². The summed E-state index contributed by atoms with van der Waals surface area (Å²) in [7, 11) is 0. The zero-order chi connectivity index (χ0) is 9.80. The first kappa shape index (κ1) is 8.97. The highest BCUT2D eigenvalue weighted by atomic mass is 32.1. The maximum Gasteiger partial charge on any atom is 0.344 e. The van der Waals surface area contributed by atoms with Crippen LogP contribution in [-0.2, 0) is 0 Å². The standard InChI is InChI=1S/C11H7O2S/c12-11(9-5-2-1-3-6-9)13-10-7-4-8-14-10/h1-7H. The van der Waals surface area contributed by atoms with Crippen LogP contribution in [0.5, 0.6) is 5.06 Å². The van der Waals surface area contributed by atoms with Gasteiger partial charge in [0.25, 0.3) is 0 Å². The second kappa shape index (κ2) is 4.07. The Morgan fingerprint density at radius 1 is 1.21 bits per heavy atom. The van der Waals surface area contributed by atoms with Crippen molar-refractivity contribution in [2.45, 2.75) is 0 Å². The fourth-order valence-corrected chi connectivity index (χ4v) is 1.51. The van der Waals surface area contributed by atoms with Crippen LogP contribution < -0.4 is 4.74 Å². The van der Waals surface area contributed by atoms with Crippen LogP contribution in [0, 0.1) is 5.38 Å². The first-order valence-corrected chi connectivity index (χ1v) is 4.91. The molecule has 3 heteroatoms. The maximum absolute atomic E-state index is 11.5. The molecule has 69 valence electrons. The number of carbonyl (C=O) groups is 1. The Bertz CT molecular complexity index is 406. The molecule has 2 nitrogen and oxygen atoms in total. The van der Waals surface area contributed by atoms with Gasteiger partial charge in [0.15, 0.2) is 5.06 Å². The molecule has 0 amide bonds. The van der Waals surface area contributed by atoms with Crippen molar-refractivity contribution in [1.29, 1.82) is 0 Å². The Labute approximate surface area is 85.8 Å². The lowest BCUT2D eigenvalue weighted by Gasteiger charge is -1.99. The fraction of sp³-hybridized carbons (Fsp3) is 0. The quantitative estimate of drug-likeness (QED) is 0.701. The van der Waals surface area contributed by atoms with Gasteiger partial charge in [-0.3, -0.25) is 0 Å². The molecule has 1 radical (unpaired) electrons. The van der Waals surface area contributed by atoms with E-state index < -0.39 is 0 Å².